The Morgan fingerprint density at radius 2 is 2.00 bits per heavy atom. The van der Waals surface area contributed by atoms with Gasteiger partial charge in [0.05, 0.1) is 4.86 Å². The number of aliphatic hydroxyl groups excluding tert-OH is 2. The number of rotatable bonds is 0. The molecule has 0 aliphatic heterocycles. The molecule has 1 aliphatic rings. The van der Waals surface area contributed by atoms with Crippen molar-refractivity contribution in [3.05, 3.63) is 23.2 Å². The number of allylic oxidation sites excluding steroid dienone is 3. The van der Waals surface area contributed by atoms with Gasteiger partial charge in [-0.2, -0.15) is 8.42 Å². The SMILES string of the molecule is CC1=C(O)CC(=S(=O)=O)C=C1O. The molecule has 12 heavy (non-hydrogen) atoms. The molecule has 0 saturated heterocycles. The van der Waals surface area contributed by atoms with Crippen LogP contribution in [-0.2, 0) is 10.3 Å². The van der Waals surface area contributed by atoms with E-state index >= 15 is 0 Å². The quantitative estimate of drug-likeness (QED) is 0.549. The van der Waals surface area contributed by atoms with Gasteiger partial charge in [-0.05, 0) is 13.0 Å². The van der Waals surface area contributed by atoms with Crippen LogP contribution in [0.5, 0.6) is 0 Å². The highest BCUT2D eigenvalue weighted by Crippen LogP contribution is 2.18. The molecule has 0 atom stereocenters. The summed E-state index contributed by atoms with van der Waals surface area (Å²) in [6.45, 7) is 1.52. The van der Waals surface area contributed by atoms with E-state index in [9.17, 15) is 8.42 Å². The van der Waals surface area contributed by atoms with E-state index in [4.69, 9.17) is 10.2 Å². The maximum atomic E-state index is 10.4. The van der Waals surface area contributed by atoms with Crippen LogP contribution in [0.15, 0.2) is 23.2 Å². The van der Waals surface area contributed by atoms with Gasteiger partial charge in [-0.3, -0.25) is 0 Å². The lowest BCUT2D eigenvalue weighted by atomic mass is 10.0. The van der Waals surface area contributed by atoms with Crippen LogP contribution in [0, 0.1) is 0 Å². The topological polar surface area (TPSA) is 74.6 Å². The standard InChI is InChI=1S/C7H8O4S/c1-4-6(8)2-5(12(10)11)3-7(4)9/h2,8-9H,3H2,1H3. The largest absolute Gasteiger partial charge is 0.512 e. The molecule has 1 rings (SSSR count). The van der Waals surface area contributed by atoms with Crippen molar-refractivity contribution in [1.82, 2.24) is 0 Å². The third-order valence-corrected chi connectivity index (χ3v) is 2.36. The molecule has 0 unspecified atom stereocenters. The van der Waals surface area contributed by atoms with E-state index in [0.29, 0.717) is 5.57 Å². The van der Waals surface area contributed by atoms with Crippen LogP contribution in [-0.4, -0.2) is 23.5 Å². The molecule has 0 spiro atoms. The van der Waals surface area contributed by atoms with Crippen molar-refractivity contribution in [2.45, 2.75) is 13.3 Å². The van der Waals surface area contributed by atoms with Crippen LogP contribution in [0.1, 0.15) is 13.3 Å². The first-order valence-electron chi connectivity index (χ1n) is 3.27. The molecule has 0 aromatic heterocycles. The molecule has 0 aromatic carbocycles. The Hall–Kier alpha value is -1.23. The van der Waals surface area contributed by atoms with Gasteiger partial charge in [0.25, 0.3) is 0 Å². The zero-order chi connectivity index (χ0) is 9.30. The van der Waals surface area contributed by atoms with Crippen LogP contribution >= 0.6 is 0 Å². The van der Waals surface area contributed by atoms with Crippen molar-refractivity contribution in [1.29, 1.82) is 0 Å². The summed E-state index contributed by atoms with van der Waals surface area (Å²) in [5.41, 5.74) is 0.323. The van der Waals surface area contributed by atoms with E-state index in [1.807, 2.05) is 0 Å². The molecule has 0 bridgehead atoms. The molecule has 4 nitrogen and oxygen atoms in total. The predicted molar refractivity (Wildman–Crippen MR) is 44.6 cm³/mol. The first kappa shape index (κ1) is 8.86. The minimum atomic E-state index is -2.37. The number of hydrogen-bond donors (Lipinski definition) is 2. The highest BCUT2D eigenvalue weighted by molar-refractivity contribution is 7.73. The fraction of sp³-hybridized carbons (Fsp3) is 0.286. The Morgan fingerprint density at radius 1 is 1.42 bits per heavy atom. The van der Waals surface area contributed by atoms with Crippen LogP contribution in [0.3, 0.4) is 0 Å². The van der Waals surface area contributed by atoms with Crippen molar-refractivity contribution in [2.75, 3.05) is 0 Å². The minimum absolute atomic E-state index is 0.00407. The van der Waals surface area contributed by atoms with Crippen LogP contribution < -0.4 is 0 Å². The van der Waals surface area contributed by atoms with Crippen molar-refractivity contribution in [3.8, 4) is 0 Å². The molecule has 0 saturated carbocycles. The van der Waals surface area contributed by atoms with E-state index in [1.54, 1.807) is 0 Å². The van der Waals surface area contributed by atoms with Crippen molar-refractivity contribution in [2.24, 2.45) is 0 Å². The van der Waals surface area contributed by atoms with Crippen LogP contribution in [0.25, 0.3) is 0 Å². The van der Waals surface area contributed by atoms with E-state index in [-0.39, 0.29) is 22.8 Å². The minimum Gasteiger partial charge on any atom is -0.512 e. The lowest BCUT2D eigenvalue weighted by molar-refractivity contribution is 0.372. The monoisotopic (exact) mass is 188 g/mol. The summed E-state index contributed by atoms with van der Waals surface area (Å²) >= 11 is 0. The summed E-state index contributed by atoms with van der Waals surface area (Å²) < 4.78 is 20.9. The number of aliphatic hydroxyl groups is 2. The third-order valence-electron chi connectivity index (χ3n) is 1.67. The summed E-state index contributed by atoms with van der Waals surface area (Å²) in [5, 5.41) is 18.3. The highest BCUT2D eigenvalue weighted by Gasteiger charge is 2.15. The lowest BCUT2D eigenvalue weighted by Crippen LogP contribution is -2.08. The molecule has 2 N–H and O–H groups in total. The zero-order valence-corrected chi connectivity index (χ0v) is 7.22. The summed E-state index contributed by atoms with van der Waals surface area (Å²) in [4.78, 5) is -0.00407. The Balaban J connectivity index is 3.26. The zero-order valence-electron chi connectivity index (χ0n) is 6.40. The molecule has 0 radical (unpaired) electrons. The number of hydrogen-bond acceptors (Lipinski definition) is 4. The molecule has 5 heteroatoms. The Morgan fingerprint density at radius 3 is 2.42 bits per heavy atom. The van der Waals surface area contributed by atoms with E-state index in [0.717, 1.165) is 6.08 Å². The van der Waals surface area contributed by atoms with Gasteiger partial charge in [-0.1, -0.05) is 0 Å². The smallest absolute Gasteiger partial charge is 0.217 e. The van der Waals surface area contributed by atoms with Crippen molar-refractivity contribution in [3.63, 3.8) is 0 Å². The summed E-state index contributed by atoms with van der Waals surface area (Å²) in [6.07, 6.45) is 1.10. The van der Waals surface area contributed by atoms with E-state index in [2.05, 4.69) is 0 Å². The Bertz CT molecular complexity index is 389. The van der Waals surface area contributed by atoms with Gasteiger partial charge in [-0.25, -0.2) is 0 Å². The molecular weight excluding hydrogens is 180 g/mol. The Kier molecular flexibility index (Phi) is 2.23. The molecule has 66 valence electrons. The average Bonchev–Trinajstić information content (AvgIpc) is 1.99. The second-order valence-corrected chi connectivity index (χ2v) is 3.47. The van der Waals surface area contributed by atoms with E-state index < -0.39 is 10.3 Å². The molecule has 1 aliphatic carbocycles. The molecule has 0 heterocycles. The van der Waals surface area contributed by atoms with Crippen LogP contribution in [0.4, 0.5) is 0 Å². The van der Waals surface area contributed by atoms with Gasteiger partial charge in [0, 0.05) is 12.0 Å². The van der Waals surface area contributed by atoms with Gasteiger partial charge < -0.3 is 10.2 Å². The van der Waals surface area contributed by atoms with Gasteiger partial charge >= 0.3 is 0 Å². The van der Waals surface area contributed by atoms with Gasteiger partial charge in [0.15, 0.2) is 0 Å². The van der Waals surface area contributed by atoms with Gasteiger partial charge in [0.1, 0.15) is 11.5 Å². The van der Waals surface area contributed by atoms with Gasteiger partial charge in [0.2, 0.25) is 10.3 Å². The van der Waals surface area contributed by atoms with Crippen molar-refractivity contribution < 1.29 is 18.6 Å². The van der Waals surface area contributed by atoms with Gasteiger partial charge in [-0.15, -0.1) is 0 Å². The fourth-order valence-corrected chi connectivity index (χ4v) is 1.33. The second-order valence-electron chi connectivity index (χ2n) is 2.48. The van der Waals surface area contributed by atoms with Crippen LogP contribution in [0.2, 0.25) is 0 Å². The maximum absolute atomic E-state index is 10.4. The molecule has 0 aromatic rings. The summed E-state index contributed by atoms with van der Waals surface area (Å²) in [6, 6.07) is 0. The molecule has 0 amide bonds. The normalized spacial score (nSPS) is 17.8. The average molecular weight is 188 g/mol. The second kappa shape index (κ2) is 3.02. The highest BCUT2D eigenvalue weighted by atomic mass is 32.2. The molecule has 0 fully saturated rings. The van der Waals surface area contributed by atoms with Crippen molar-refractivity contribution >= 4 is 15.2 Å². The lowest BCUT2D eigenvalue weighted by Gasteiger charge is -2.10. The van der Waals surface area contributed by atoms with E-state index in [1.165, 1.54) is 6.92 Å². The first-order valence-corrected chi connectivity index (χ1v) is 4.34. The summed E-state index contributed by atoms with van der Waals surface area (Å²) in [7, 11) is -2.37. The fourth-order valence-electron chi connectivity index (χ4n) is 0.864. The first-order chi connectivity index (χ1) is 5.52. The Labute approximate surface area is 71.0 Å². The third kappa shape index (κ3) is 1.50. The molecular formula is C7H8O4S. The maximum Gasteiger partial charge on any atom is 0.217 e. The summed E-state index contributed by atoms with van der Waals surface area (Å²) in [5.74, 6) is -0.299. The predicted octanol–water partition coefficient (Wildman–Crippen LogP) is 0.716.